The molecule has 0 spiro atoms. The zero-order valence-corrected chi connectivity index (χ0v) is 18.1. The van der Waals surface area contributed by atoms with E-state index in [-0.39, 0.29) is 17.5 Å². The van der Waals surface area contributed by atoms with Crippen molar-refractivity contribution in [2.75, 3.05) is 29.2 Å². The molecule has 31 heavy (non-hydrogen) atoms. The summed E-state index contributed by atoms with van der Waals surface area (Å²) in [6.07, 6.45) is 0. The second-order valence-electron chi connectivity index (χ2n) is 7.92. The summed E-state index contributed by atoms with van der Waals surface area (Å²) in [5.41, 5.74) is 5.73. The fourth-order valence-corrected chi connectivity index (χ4v) is 3.78. The first-order valence-electron chi connectivity index (χ1n) is 10.2. The topological polar surface area (TPSA) is 52.7 Å². The average molecular weight is 412 g/mol. The second kappa shape index (κ2) is 8.11. The molecular formula is C26H25N3O2. The maximum Gasteiger partial charge on any atom is 0.282 e. The molecule has 5 heteroatoms. The van der Waals surface area contributed by atoms with Crippen molar-refractivity contribution in [1.82, 2.24) is 0 Å². The standard InChI is InChI=1S/C26H25N3O2/c1-17-10-15-22(18(2)16-17)29-25(30)23(19-8-6-5-7-9-19)24(26(29)31)27-20-11-13-21(14-12-20)28(3)4/h5-16,27H,1-4H3. The minimum absolute atomic E-state index is 0.286. The second-order valence-corrected chi connectivity index (χ2v) is 7.92. The summed E-state index contributed by atoms with van der Waals surface area (Å²) in [5, 5.41) is 3.22. The van der Waals surface area contributed by atoms with Gasteiger partial charge in [-0.3, -0.25) is 9.59 Å². The minimum Gasteiger partial charge on any atom is -0.378 e. The number of carbonyl (C=O) groups excluding carboxylic acids is 2. The highest BCUT2D eigenvalue weighted by Gasteiger charge is 2.40. The summed E-state index contributed by atoms with van der Waals surface area (Å²) < 4.78 is 0. The Balaban J connectivity index is 1.78. The number of hydrogen-bond donors (Lipinski definition) is 1. The van der Waals surface area contributed by atoms with Crippen molar-refractivity contribution < 1.29 is 9.59 Å². The Bertz CT molecular complexity index is 1180. The molecule has 3 aromatic rings. The first-order chi connectivity index (χ1) is 14.9. The molecule has 1 aliphatic heterocycles. The van der Waals surface area contributed by atoms with Gasteiger partial charge in [-0.1, -0.05) is 48.0 Å². The highest BCUT2D eigenvalue weighted by Crippen LogP contribution is 2.35. The molecule has 3 aromatic carbocycles. The molecule has 0 aromatic heterocycles. The Morgan fingerprint density at radius 1 is 0.806 bits per heavy atom. The Morgan fingerprint density at radius 3 is 2.10 bits per heavy atom. The van der Waals surface area contributed by atoms with Crippen molar-refractivity contribution >= 4 is 34.4 Å². The van der Waals surface area contributed by atoms with E-state index in [4.69, 9.17) is 0 Å². The van der Waals surface area contributed by atoms with E-state index >= 15 is 0 Å². The number of nitrogens with one attached hydrogen (secondary N) is 1. The largest absolute Gasteiger partial charge is 0.378 e. The monoisotopic (exact) mass is 411 g/mol. The molecule has 0 atom stereocenters. The van der Waals surface area contributed by atoms with Crippen molar-refractivity contribution in [3.63, 3.8) is 0 Å². The SMILES string of the molecule is Cc1ccc(N2C(=O)C(Nc3ccc(N(C)C)cc3)=C(c3ccccc3)C2=O)c(C)c1. The van der Waals surface area contributed by atoms with Crippen molar-refractivity contribution in [1.29, 1.82) is 0 Å². The number of hydrogen-bond acceptors (Lipinski definition) is 4. The quantitative estimate of drug-likeness (QED) is 0.615. The van der Waals surface area contributed by atoms with E-state index in [1.54, 1.807) is 0 Å². The molecule has 0 saturated carbocycles. The Kier molecular flexibility index (Phi) is 5.34. The van der Waals surface area contributed by atoms with Gasteiger partial charge in [0.15, 0.2) is 0 Å². The molecular weight excluding hydrogens is 386 g/mol. The molecule has 0 unspecified atom stereocenters. The number of imide groups is 1. The summed E-state index contributed by atoms with van der Waals surface area (Å²) in [7, 11) is 3.94. The van der Waals surface area contributed by atoms with Crippen LogP contribution in [0.15, 0.2) is 78.5 Å². The lowest BCUT2D eigenvalue weighted by Gasteiger charge is -2.18. The van der Waals surface area contributed by atoms with Gasteiger partial charge < -0.3 is 10.2 Å². The first kappa shape index (κ1) is 20.4. The van der Waals surface area contributed by atoms with Crippen LogP contribution in [0.3, 0.4) is 0 Å². The van der Waals surface area contributed by atoms with Crippen LogP contribution < -0.4 is 15.1 Å². The minimum atomic E-state index is -0.354. The van der Waals surface area contributed by atoms with Crippen LogP contribution in [0.25, 0.3) is 5.57 Å². The van der Waals surface area contributed by atoms with Crippen molar-refractivity contribution in [2.45, 2.75) is 13.8 Å². The van der Waals surface area contributed by atoms with Crippen LogP contribution in [-0.2, 0) is 9.59 Å². The summed E-state index contributed by atoms with van der Waals surface area (Å²) in [6, 6.07) is 22.8. The Labute approximate surface area is 182 Å². The van der Waals surface area contributed by atoms with Crippen LogP contribution in [0.5, 0.6) is 0 Å². The van der Waals surface area contributed by atoms with Gasteiger partial charge in [-0.25, -0.2) is 4.90 Å². The van der Waals surface area contributed by atoms with Crippen molar-refractivity contribution in [3.05, 3.63) is 95.2 Å². The van der Waals surface area contributed by atoms with Crippen LogP contribution in [0, 0.1) is 13.8 Å². The van der Waals surface area contributed by atoms with Gasteiger partial charge in [0.1, 0.15) is 5.70 Å². The highest BCUT2D eigenvalue weighted by molar-refractivity contribution is 6.46. The number of anilines is 3. The van der Waals surface area contributed by atoms with Gasteiger partial charge in [0.25, 0.3) is 11.8 Å². The van der Waals surface area contributed by atoms with E-state index < -0.39 is 0 Å². The molecule has 1 aliphatic rings. The van der Waals surface area contributed by atoms with Crippen LogP contribution in [0.2, 0.25) is 0 Å². The number of rotatable bonds is 5. The summed E-state index contributed by atoms with van der Waals surface area (Å²) in [4.78, 5) is 30.3. The normalized spacial score (nSPS) is 13.7. The number of nitrogens with zero attached hydrogens (tertiary/aromatic N) is 2. The number of carbonyl (C=O) groups is 2. The predicted octanol–water partition coefficient (Wildman–Crippen LogP) is 4.77. The van der Waals surface area contributed by atoms with E-state index in [9.17, 15) is 9.59 Å². The van der Waals surface area contributed by atoms with E-state index in [0.717, 1.165) is 22.5 Å². The van der Waals surface area contributed by atoms with Gasteiger partial charge >= 0.3 is 0 Å². The van der Waals surface area contributed by atoms with E-state index in [1.807, 2.05) is 106 Å². The Morgan fingerprint density at radius 2 is 1.48 bits per heavy atom. The first-order valence-corrected chi connectivity index (χ1v) is 10.2. The molecule has 156 valence electrons. The van der Waals surface area contributed by atoms with Gasteiger partial charge in [-0.05, 0) is 55.3 Å². The van der Waals surface area contributed by atoms with Gasteiger partial charge in [0.2, 0.25) is 0 Å². The van der Waals surface area contributed by atoms with Crippen molar-refractivity contribution in [2.24, 2.45) is 0 Å². The predicted molar refractivity (Wildman–Crippen MR) is 126 cm³/mol. The van der Waals surface area contributed by atoms with Crippen molar-refractivity contribution in [3.8, 4) is 0 Å². The molecule has 0 radical (unpaired) electrons. The van der Waals surface area contributed by atoms with Crippen LogP contribution >= 0.6 is 0 Å². The molecule has 5 nitrogen and oxygen atoms in total. The third-order valence-corrected chi connectivity index (χ3v) is 5.39. The lowest BCUT2D eigenvalue weighted by molar-refractivity contribution is -0.120. The van der Waals surface area contributed by atoms with Crippen LogP contribution in [0.4, 0.5) is 17.1 Å². The number of aryl methyl sites for hydroxylation is 2. The van der Waals surface area contributed by atoms with Crippen LogP contribution in [0.1, 0.15) is 16.7 Å². The molecule has 4 rings (SSSR count). The third-order valence-electron chi connectivity index (χ3n) is 5.39. The van der Waals surface area contributed by atoms with Gasteiger partial charge in [-0.2, -0.15) is 0 Å². The summed E-state index contributed by atoms with van der Waals surface area (Å²) >= 11 is 0. The summed E-state index contributed by atoms with van der Waals surface area (Å²) in [5.74, 6) is -0.678. The van der Waals surface area contributed by atoms with E-state index in [2.05, 4.69) is 5.32 Å². The van der Waals surface area contributed by atoms with E-state index in [1.165, 1.54) is 4.90 Å². The number of amides is 2. The molecule has 0 bridgehead atoms. The third kappa shape index (κ3) is 3.82. The number of benzene rings is 3. The molecule has 0 aliphatic carbocycles. The smallest absolute Gasteiger partial charge is 0.282 e. The maximum absolute atomic E-state index is 13.5. The van der Waals surface area contributed by atoms with E-state index in [0.29, 0.717) is 16.8 Å². The van der Waals surface area contributed by atoms with Gasteiger partial charge in [-0.15, -0.1) is 0 Å². The highest BCUT2D eigenvalue weighted by atomic mass is 16.2. The zero-order valence-electron chi connectivity index (χ0n) is 18.1. The fraction of sp³-hybridized carbons (Fsp3) is 0.154. The molecule has 1 heterocycles. The maximum atomic E-state index is 13.5. The van der Waals surface area contributed by atoms with Gasteiger partial charge in [0.05, 0.1) is 11.3 Å². The molecule has 2 amide bonds. The fourth-order valence-electron chi connectivity index (χ4n) is 3.78. The van der Waals surface area contributed by atoms with Gasteiger partial charge in [0, 0.05) is 25.5 Å². The average Bonchev–Trinajstić information content (AvgIpc) is 2.99. The Hall–Kier alpha value is -3.86. The molecule has 1 N–H and O–H groups in total. The summed E-state index contributed by atoms with van der Waals surface area (Å²) in [6.45, 7) is 3.90. The molecule has 0 saturated heterocycles. The lowest BCUT2D eigenvalue weighted by atomic mass is 10.0. The molecule has 0 fully saturated rings. The lowest BCUT2D eigenvalue weighted by Crippen LogP contribution is -2.33. The van der Waals surface area contributed by atoms with Crippen LogP contribution in [-0.4, -0.2) is 25.9 Å². The zero-order chi connectivity index (χ0) is 22.1.